The summed E-state index contributed by atoms with van der Waals surface area (Å²) < 4.78 is 15.6. The van der Waals surface area contributed by atoms with Gasteiger partial charge in [-0.2, -0.15) is 4.02 Å². The molecule has 0 saturated carbocycles. The highest BCUT2D eigenvalue weighted by atomic mass is 79.9. The molecule has 1 heterocycles. The Labute approximate surface area is 215 Å². The number of carbonyl (C=O) groups excluding carboxylic acids is 2. The lowest BCUT2D eigenvalue weighted by Gasteiger charge is -2.25. The Morgan fingerprint density at radius 1 is 1.17 bits per heavy atom. The Balaban J connectivity index is 1.97. The predicted octanol–water partition coefficient (Wildman–Crippen LogP) is 4.55. The van der Waals surface area contributed by atoms with Crippen molar-refractivity contribution in [2.45, 2.75) is 39.7 Å². The van der Waals surface area contributed by atoms with Crippen LogP contribution in [0.5, 0.6) is 11.5 Å². The Kier molecular flexibility index (Phi) is 8.10. The first-order chi connectivity index (χ1) is 16.6. The van der Waals surface area contributed by atoms with Gasteiger partial charge in [0.1, 0.15) is 17.3 Å². The number of benzene rings is 2. The summed E-state index contributed by atoms with van der Waals surface area (Å²) in [6.45, 7) is 9.17. The molecule has 8 nitrogen and oxygen atoms in total. The van der Waals surface area contributed by atoms with Gasteiger partial charge in [0, 0.05) is 37.3 Å². The predicted molar refractivity (Wildman–Crippen MR) is 142 cm³/mol. The molecule has 1 amide bonds. The SMILES string of the molecule is CCOc1cc2c(cc1C(=O)NC)/C(=N/Br)N(CC(=O)c1cc(NC)c(OC)c(C(C)(C)C)c1)C2. The van der Waals surface area contributed by atoms with Crippen LogP contribution < -0.4 is 20.1 Å². The fraction of sp³-hybridized carbons (Fsp3) is 0.423. The first-order valence-electron chi connectivity index (χ1n) is 11.5. The first-order valence-corrected chi connectivity index (χ1v) is 12.2. The number of ketones is 1. The maximum Gasteiger partial charge on any atom is 0.254 e. The van der Waals surface area contributed by atoms with E-state index in [0.29, 0.717) is 35.9 Å². The molecule has 0 spiro atoms. The van der Waals surface area contributed by atoms with E-state index in [-0.39, 0.29) is 23.7 Å². The van der Waals surface area contributed by atoms with Gasteiger partial charge in [0.25, 0.3) is 5.91 Å². The lowest BCUT2D eigenvalue weighted by molar-refractivity contribution is 0.0953. The summed E-state index contributed by atoms with van der Waals surface area (Å²) in [7, 11) is 5.03. The van der Waals surface area contributed by atoms with Crippen LogP contribution in [0.3, 0.4) is 0 Å². The van der Waals surface area contributed by atoms with Crippen molar-refractivity contribution in [2.24, 2.45) is 4.02 Å². The molecule has 1 aliphatic heterocycles. The van der Waals surface area contributed by atoms with Gasteiger partial charge >= 0.3 is 0 Å². The number of methoxy groups -OCH3 is 1. The van der Waals surface area contributed by atoms with Crippen molar-refractivity contribution in [1.29, 1.82) is 0 Å². The molecule has 0 radical (unpaired) electrons. The number of anilines is 1. The molecule has 0 saturated heterocycles. The minimum atomic E-state index is -0.243. The lowest BCUT2D eigenvalue weighted by atomic mass is 9.84. The molecule has 188 valence electrons. The molecule has 0 aromatic heterocycles. The summed E-state index contributed by atoms with van der Waals surface area (Å²) in [6, 6.07) is 7.36. The van der Waals surface area contributed by atoms with Crippen LogP contribution in [0, 0.1) is 0 Å². The topological polar surface area (TPSA) is 92.3 Å². The number of nitrogens with one attached hydrogen (secondary N) is 2. The number of carbonyl (C=O) groups is 2. The van der Waals surface area contributed by atoms with Gasteiger partial charge in [-0.3, -0.25) is 9.59 Å². The lowest BCUT2D eigenvalue weighted by Crippen LogP contribution is -2.31. The number of halogens is 1. The van der Waals surface area contributed by atoms with Crippen molar-refractivity contribution in [3.63, 3.8) is 0 Å². The first kappa shape index (κ1) is 26.5. The summed E-state index contributed by atoms with van der Waals surface area (Å²) in [5, 5.41) is 5.80. The number of amidine groups is 1. The fourth-order valence-electron chi connectivity index (χ4n) is 4.25. The summed E-state index contributed by atoms with van der Waals surface area (Å²) in [5.74, 6) is 1.55. The van der Waals surface area contributed by atoms with E-state index < -0.39 is 0 Å². The van der Waals surface area contributed by atoms with Crippen LogP contribution in [-0.2, 0) is 12.0 Å². The quantitative estimate of drug-likeness (QED) is 0.473. The van der Waals surface area contributed by atoms with Gasteiger partial charge in [0.2, 0.25) is 0 Å². The Hall–Kier alpha value is -3.07. The van der Waals surface area contributed by atoms with E-state index in [2.05, 4.69) is 51.6 Å². The van der Waals surface area contributed by atoms with Crippen LogP contribution in [-0.4, -0.2) is 56.8 Å². The van der Waals surface area contributed by atoms with Crippen LogP contribution >= 0.6 is 16.1 Å². The van der Waals surface area contributed by atoms with Crippen LogP contribution in [0.25, 0.3) is 0 Å². The van der Waals surface area contributed by atoms with Crippen LogP contribution in [0.15, 0.2) is 28.3 Å². The highest BCUT2D eigenvalue weighted by molar-refractivity contribution is 9.08. The van der Waals surface area contributed by atoms with Crippen LogP contribution in [0.1, 0.15) is 65.1 Å². The minimum absolute atomic E-state index is 0.0485. The van der Waals surface area contributed by atoms with Crippen molar-refractivity contribution in [3.8, 4) is 11.5 Å². The van der Waals surface area contributed by atoms with Gasteiger partial charge in [0.15, 0.2) is 5.78 Å². The zero-order valence-electron chi connectivity index (χ0n) is 21.3. The number of Topliss-reactive ketones (excluding diaryl/α,β-unsaturated/α-hetero) is 1. The van der Waals surface area contributed by atoms with E-state index in [9.17, 15) is 9.59 Å². The molecule has 3 rings (SSSR count). The summed E-state index contributed by atoms with van der Waals surface area (Å²) in [4.78, 5) is 27.8. The highest BCUT2D eigenvalue weighted by Crippen LogP contribution is 2.38. The zero-order chi connectivity index (χ0) is 25.9. The molecule has 9 heteroatoms. The molecule has 2 aromatic carbocycles. The van der Waals surface area contributed by atoms with E-state index in [1.165, 1.54) is 0 Å². The van der Waals surface area contributed by atoms with Crippen molar-refractivity contribution >= 4 is 39.4 Å². The maximum absolute atomic E-state index is 13.5. The maximum atomic E-state index is 13.5. The summed E-state index contributed by atoms with van der Waals surface area (Å²) >= 11 is 3.22. The third kappa shape index (κ3) is 5.29. The van der Waals surface area contributed by atoms with E-state index in [4.69, 9.17) is 9.47 Å². The van der Waals surface area contributed by atoms with E-state index in [0.717, 1.165) is 28.1 Å². The monoisotopic (exact) mass is 544 g/mol. The number of hydrogen-bond donors (Lipinski definition) is 2. The second-order valence-corrected chi connectivity index (χ2v) is 9.66. The zero-order valence-corrected chi connectivity index (χ0v) is 22.9. The van der Waals surface area contributed by atoms with E-state index >= 15 is 0 Å². The number of hydrogen-bond acceptors (Lipinski definition) is 6. The second-order valence-electron chi connectivity index (χ2n) is 9.31. The Morgan fingerprint density at radius 3 is 2.43 bits per heavy atom. The van der Waals surface area contributed by atoms with Crippen molar-refractivity contribution in [1.82, 2.24) is 10.2 Å². The molecule has 0 atom stereocenters. The third-order valence-corrected chi connectivity index (χ3v) is 6.32. The summed E-state index contributed by atoms with van der Waals surface area (Å²) in [5.41, 5.74) is 4.24. The van der Waals surface area contributed by atoms with Gasteiger partial charge in [-0.15, -0.1) is 0 Å². The highest BCUT2D eigenvalue weighted by Gasteiger charge is 2.31. The van der Waals surface area contributed by atoms with Crippen LogP contribution in [0.4, 0.5) is 5.69 Å². The third-order valence-electron chi connectivity index (χ3n) is 5.99. The molecule has 0 aliphatic carbocycles. The summed E-state index contributed by atoms with van der Waals surface area (Å²) in [6.07, 6.45) is 0. The molecule has 1 aliphatic rings. The van der Waals surface area contributed by atoms with Gasteiger partial charge < -0.3 is 25.0 Å². The van der Waals surface area contributed by atoms with E-state index in [1.54, 1.807) is 20.2 Å². The molecule has 0 unspecified atom stereocenters. The van der Waals surface area contributed by atoms with Crippen molar-refractivity contribution in [2.75, 3.05) is 39.7 Å². The molecular formula is C26H33BrN4O4. The fourth-order valence-corrected chi connectivity index (χ4v) is 4.66. The molecule has 2 N–H and O–H groups in total. The van der Waals surface area contributed by atoms with Crippen molar-refractivity contribution in [3.05, 3.63) is 52.1 Å². The van der Waals surface area contributed by atoms with E-state index in [1.807, 2.05) is 37.1 Å². The molecule has 0 bridgehead atoms. The average molecular weight is 545 g/mol. The number of ether oxygens (including phenoxy) is 2. The van der Waals surface area contributed by atoms with Gasteiger partial charge in [0.05, 0.1) is 47.7 Å². The van der Waals surface area contributed by atoms with Crippen LogP contribution in [0.2, 0.25) is 0 Å². The molecular weight excluding hydrogens is 512 g/mol. The standard InChI is InChI=1S/C26H33BrN4O4/c1-8-35-22-11-16-13-31(24(30-27)17(16)12-18(22)25(33)29-6)14-21(32)15-9-19(26(2,3)4)23(34-7)20(10-15)28-5/h9-12,28H,8,13-14H2,1-7H3,(H,29,33)/b30-24-. The molecule has 35 heavy (non-hydrogen) atoms. The molecule has 0 fully saturated rings. The molecule has 2 aromatic rings. The second kappa shape index (κ2) is 10.7. The normalized spacial score (nSPS) is 14.1. The number of rotatable bonds is 8. The number of nitrogens with zero attached hydrogens (tertiary/aromatic N) is 2. The Bertz CT molecular complexity index is 1170. The number of fused-ring (bicyclic) bond motifs is 1. The smallest absolute Gasteiger partial charge is 0.254 e. The van der Waals surface area contributed by atoms with Gasteiger partial charge in [-0.1, -0.05) is 20.8 Å². The van der Waals surface area contributed by atoms with Crippen molar-refractivity contribution < 1.29 is 19.1 Å². The minimum Gasteiger partial charge on any atom is -0.494 e. The van der Waals surface area contributed by atoms with Gasteiger partial charge in [-0.05, 0) is 42.2 Å². The largest absolute Gasteiger partial charge is 0.494 e. The van der Waals surface area contributed by atoms with Gasteiger partial charge in [-0.25, -0.2) is 0 Å². The number of amides is 1. The Morgan fingerprint density at radius 2 is 1.89 bits per heavy atom. The average Bonchev–Trinajstić information content (AvgIpc) is 3.17.